The van der Waals surface area contributed by atoms with E-state index in [2.05, 4.69) is 18.3 Å². The second-order valence-electron chi connectivity index (χ2n) is 1.45. The van der Waals surface area contributed by atoms with Gasteiger partial charge in [0, 0.05) is 7.11 Å². The van der Waals surface area contributed by atoms with Gasteiger partial charge in [0.25, 0.3) is 0 Å². The van der Waals surface area contributed by atoms with Crippen LogP contribution in [0, 0.1) is 6.61 Å². The zero-order valence-corrected chi connectivity index (χ0v) is 5.03. The Kier molecular flexibility index (Phi) is 5.93. The largest absolute Gasteiger partial charge is 0.372 e. The lowest BCUT2D eigenvalue weighted by Crippen LogP contribution is -1.77. The van der Waals surface area contributed by atoms with E-state index in [1.807, 2.05) is 0 Å². The molecule has 1 nitrogen and oxygen atoms in total. The molecule has 1 heteroatoms. The normalized spacial score (nSPS) is 9.43. The summed E-state index contributed by atoms with van der Waals surface area (Å²) < 4.78 is 4.59. The summed E-state index contributed by atoms with van der Waals surface area (Å²) >= 11 is 0. The van der Waals surface area contributed by atoms with Gasteiger partial charge in [0.15, 0.2) is 0 Å². The Morgan fingerprint density at radius 2 is 2.29 bits per heavy atom. The summed E-state index contributed by atoms with van der Waals surface area (Å²) in [6.07, 6.45) is 3.37. The van der Waals surface area contributed by atoms with Crippen molar-refractivity contribution in [1.82, 2.24) is 0 Å². The van der Waals surface area contributed by atoms with Gasteiger partial charge in [-0.1, -0.05) is 19.8 Å². The van der Waals surface area contributed by atoms with Crippen LogP contribution in [-0.4, -0.2) is 7.11 Å². The van der Waals surface area contributed by atoms with Crippen molar-refractivity contribution < 1.29 is 4.74 Å². The van der Waals surface area contributed by atoms with E-state index in [9.17, 15) is 0 Å². The van der Waals surface area contributed by atoms with E-state index >= 15 is 0 Å². The number of ether oxygens (including phenoxy) is 1. The van der Waals surface area contributed by atoms with Gasteiger partial charge in [-0.2, -0.15) is 0 Å². The first-order valence-electron chi connectivity index (χ1n) is 2.67. The van der Waals surface area contributed by atoms with Gasteiger partial charge in [-0.15, -0.1) is 0 Å². The fourth-order valence-electron chi connectivity index (χ4n) is 0.351. The SMILES string of the molecule is CCCC[C]OC. The molecule has 0 aromatic carbocycles. The second-order valence-corrected chi connectivity index (χ2v) is 1.45. The number of hydrogen-bond acceptors (Lipinski definition) is 1. The van der Waals surface area contributed by atoms with Crippen LogP contribution in [0.1, 0.15) is 26.2 Å². The highest BCUT2D eigenvalue weighted by atomic mass is 16.5. The van der Waals surface area contributed by atoms with Gasteiger partial charge >= 0.3 is 0 Å². The molecule has 0 bridgehead atoms. The van der Waals surface area contributed by atoms with Crippen molar-refractivity contribution >= 4 is 0 Å². The molecule has 2 radical (unpaired) electrons. The zero-order valence-electron chi connectivity index (χ0n) is 5.03. The third kappa shape index (κ3) is 5.96. The van der Waals surface area contributed by atoms with Crippen LogP contribution >= 0.6 is 0 Å². The average molecular weight is 100 g/mol. The molecule has 0 rings (SSSR count). The summed E-state index contributed by atoms with van der Waals surface area (Å²) in [6.45, 7) is 4.90. The molecule has 0 aromatic heterocycles. The highest BCUT2D eigenvalue weighted by Gasteiger charge is 1.82. The lowest BCUT2D eigenvalue weighted by molar-refractivity contribution is 0.263. The predicted molar refractivity (Wildman–Crippen MR) is 29.8 cm³/mol. The predicted octanol–water partition coefficient (Wildman–Crippen LogP) is 1.86. The Balaban J connectivity index is 2.45. The molecule has 0 saturated carbocycles. The Bertz CT molecular complexity index is 23.4. The molecule has 0 atom stereocenters. The molecule has 0 fully saturated rings. The minimum absolute atomic E-state index is 0.965. The molecule has 0 saturated heterocycles. The minimum Gasteiger partial charge on any atom is -0.372 e. The Morgan fingerprint density at radius 1 is 1.57 bits per heavy atom. The van der Waals surface area contributed by atoms with Gasteiger partial charge in [-0.3, -0.25) is 0 Å². The lowest BCUT2D eigenvalue weighted by atomic mass is 10.3. The van der Waals surface area contributed by atoms with Gasteiger partial charge < -0.3 is 4.74 Å². The van der Waals surface area contributed by atoms with Crippen LogP contribution in [-0.2, 0) is 4.74 Å². The molecule has 0 N–H and O–H groups in total. The van der Waals surface area contributed by atoms with Crippen molar-refractivity contribution in [3.63, 3.8) is 0 Å². The number of methoxy groups -OCH3 is 1. The second kappa shape index (κ2) is 5.96. The molecule has 0 aromatic rings. The van der Waals surface area contributed by atoms with Gasteiger partial charge in [0.2, 0.25) is 0 Å². The molecular formula is C6H12O. The maximum Gasteiger partial charge on any atom is 0.131 e. The van der Waals surface area contributed by atoms with Crippen LogP contribution in [0.3, 0.4) is 0 Å². The van der Waals surface area contributed by atoms with Gasteiger partial charge in [-0.05, 0) is 6.42 Å². The quantitative estimate of drug-likeness (QED) is 0.490. The van der Waals surface area contributed by atoms with Crippen molar-refractivity contribution in [1.29, 1.82) is 0 Å². The fraction of sp³-hybridized carbons (Fsp3) is 0.833. The van der Waals surface area contributed by atoms with Gasteiger partial charge in [-0.25, -0.2) is 0 Å². The van der Waals surface area contributed by atoms with E-state index in [0.717, 1.165) is 6.42 Å². The topological polar surface area (TPSA) is 9.23 Å². The molecule has 0 amide bonds. The first-order chi connectivity index (χ1) is 3.41. The van der Waals surface area contributed by atoms with E-state index in [1.54, 1.807) is 7.11 Å². The van der Waals surface area contributed by atoms with Gasteiger partial charge in [0.05, 0.1) is 0 Å². The highest BCUT2D eigenvalue weighted by molar-refractivity contribution is 4.46. The van der Waals surface area contributed by atoms with E-state index in [1.165, 1.54) is 12.8 Å². The summed E-state index contributed by atoms with van der Waals surface area (Å²) in [5, 5.41) is 0. The highest BCUT2D eigenvalue weighted by Crippen LogP contribution is 1.95. The summed E-state index contributed by atoms with van der Waals surface area (Å²) in [7, 11) is 1.63. The third-order valence-electron chi connectivity index (χ3n) is 0.777. The summed E-state index contributed by atoms with van der Waals surface area (Å²) in [4.78, 5) is 0. The van der Waals surface area contributed by atoms with E-state index in [-0.39, 0.29) is 0 Å². The lowest BCUT2D eigenvalue weighted by Gasteiger charge is -1.90. The molecule has 0 unspecified atom stereocenters. The first kappa shape index (κ1) is 6.96. The van der Waals surface area contributed by atoms with Crippen LogP contribution in [0.25, 0.3) is 0 Å². The minimum atomic E-state index is 0.965. The van der Waals surface area contributed by atoms with Crippen LogP contribution in [0.5, 0.6) is 0 Å². The Labute approximate surface area is 45.7 Å². The smallest absolute Gasteiger partial charge is 0.131 e. The Morgan fingerprint density at radius 3 is 2.71 bits per heavy atom. The molecule has 7 heavy (non-hydrogen) atoms. The first-order valence-corrected chi connectivity index (χ1v) is 2.67. The standard InChI is InChI=1S/C6H12O/c1-3-4-5-6-7-2/h3-5H2,1-2H3. The molecule has 0 spiro atoms. The van der Waals surface area contributed by atoms with Crippen LogP contribution < -0.4 is 0 Å². The van der Waals surface area contributed by atoms with Crippen molar-refractivity contribution in [3.8, 4) is 0 Å². The van der Waals surface area contributed by atoms with E-state index in [4.69, 9.17) is 0 Å². The number of rotatable bonds is 4. The molecule has 0 aliphatic rings. The third-order valence-corrected chi connectivity index (χ3v) is 0.777. The van der Waals surface area contributed by atoms with E-state index in [0.29, 0.717) is 0 Å². The summed E-state index contributed by atoms with van der Waals surface area (Å²) in [5.41, 5.74) is 0. The molecular weight excluding hydrogens is 88.1 g/mol. The zero-order chi connectivity index (χ0) is 5.54. The summed E-state index contributed by atoms with van der Waals surface area (Å²) in [5.74, 6) is 0. The van der Waals surface area contributed by atoms with Crippen LogP contribution in [0.15, 0.2) is 0 Å². The monoisotopic (exact) mass is 100 g/mol. The molecule has 42 valence electrons. The fourth-order valence-corrected chi connectivity index (χ4v) is 0.351. The maximum absolute atomic E-state index is 4.59. The van der Waals surface area contributed by atoms with Crippen molar-refractivity contribution in [2.75, 3.05) is 7.11 Å². The van der Waals surface area contributed by atoms with Crippen molar-refractivity contribution in [2.45, 2.75) is 26.2 Å². The summed E-state index contributed by atoms with van der Waals surface area (Å²) in [6, 6.07) is 0. The molecule has 0 aliphatic heterocycles. The van der Waals surface area contributed by atoms with E-state index < -0.39 is 0 Å². The molecule has 0 aliphatic carbocycles. The number of unbranched alkanes of at least 4 members (excludes halogenated alkanes) is 2. The average Bonchev–Trinajstić information content (AvgIpc) is 1.69. The van der Waals surface area contributed by atoms with Crippen molar-refractivity contribution in [2.24, 2.45) is 0 Å². The van der Waals surface area contributed by atoms with Gasteiger partial charge in [0.1, 0.15) is 6.61 Å². The van der Waals surface area contributed by atoms with Crippen molar-refractivity contribution in [3.05, 3.63) is 6.61 Å². The number of hydrogen-bond donors (Lipinski definition) is 0. The van der Waals surface area contributed by atoms with Crippen LogP contribution in [0.4, 0.5) is 0 Å². The Hall–Kier alpha value is -0.0400. The molecule has 0 heterocycles. The van der Waals surface area contributed by atoms with Crippen LogP contribution in [0.2, 0.25) is 0 Å². The maximum atomic E-state index is 4.59.